The third-order valence-electron chi connectivity index (χ3n) is 12.4. The largest absolute Gasteiger partial charge is 0.310 e. The van der Waals surface area contributed by atoms with Gasteiger partial charge in [-0.15, -0.1) is 0 Å². The van der Waals surface area contributed by atoms with Crippen molar-refractivity contribution in [3.63, 3.8) is 0 Å². The number of anilines is 3. The van der Waals surface area contributed by atoms with Crippen molar-refractivity contribution in [2.45, 2.75) is 0 Å². The van der Waals surface area contributed by atoms with Gasteiger partial charge in [-0.3, -0.25) is 4.57 Å². The molecule has 12 aromatic rings. The molecule has 0 saturated heterocycles. The monoisotopic (exact) mass is 816 g/mol. The molecule has 4 nitrogen and oxygen atoms in total. The molecule has 0 fully saturated rings. The van der Waals surface area contributed by atoms with E-state index in [1.165, 1.54) is 33.0 Å². The van der Waals surface area contributed by atoms with E-state index in [0.29, 0.717) is 5.95 Å². The Balaban J connectivity index is 0.994. The van der Waals surface area contributed by atoms with E-state index < -0.39 is 0 Å². The molecule has 0 unspecified atom stereocenters. The maximum Gasteiger partial charge on any atom is 0.235 e. The average Bonchev–Trinajstić information content (AvgIpc) is 3.71. The fourth-order valence-electron chi connectivity index (χ4n) is 9.37. The highest BCUT2D eigenvalue weighted by Gasteiger charge is 2.21. The molecule has 12 rings (SSSR count). The Morgan fingerprint density at radius 1 is 0.328 bits per heavy atom. The van der Waals surface area contributed by atoms with Gasteiger partial charge in [-0.05, 0) is 87.1 Å². The zero-order valence-corrected chi connectivity index (χ0v) is 34.9. The van der Waals surface area contributed by atoms with Crippen molar-refractivity contribution < 1.29 is 0 Å². The van der Waals surface area contributed by atoms with Crippen molar-refractivity contribution >= 4 is 60.5 Å². The maximum atomic E-state index is 5.32. The number of para-hydroxylation sites is 3. The van der Waals surface area contributed by atoms with Crippen molar-refractivity contribution in [3.05, 3.63) is 243 Å². The second-order valence-electron chi connectivity index (χ2n) is 16.2. The van der Waals surface area contributed by atoms with Crippen LogP contribution < -0.4 is 4.90 Å². The molecule has 2 heterocycles. The summed E-state index contributed by atoms with van der Waals surface area (Å²) in [6, 6.07) is 86.5. The van der Waals surface area contributed by atoms with Crippen LogP contribution in [0.15, 0.2) is 243 Å². The SMILES string of the molecule is c1ccc(-c2ccc(N(c3ccc(-c4ccc5c6ccccc6n(-c6nc(-c7ccccc7)c7ccccc7n6)c5c4)cc3)c3ccccc3-c3cccc4ccccc34)cc2)cc1. The van der Waals surface area contributed by atoms with Gasteiger partial charge in [-0.25, -0.2) is 9.97 Å². The summed E-state index contributed by atoms with van der Waals surface area (Å²) in [5, 5.41) is 5.79. The highest BCUT2D eigenvalue weighted by molar-refractivity contribution is 6.10. The summed E-state index contributed by atoms with van der Waals surface area (Å²) in [6.07, 6.45) is 0. The molecule has 0 N–H and O–H groups in total. The molecule has 4 heteroatoms. The van der Waals surface area contributed by atoms with Crippen LogP contribution in [0, 0.1) is 0 Å². The van der Waals surface area contributed by atoms with Gasteiger partial charge in [0.1, 0.15) is 0 Å². The average molecular weight is 817 g/mol. The van der Waals surface area contributed by atoms with Gasteiger partial charge in [0.15, 0.2) is 0 Å². The predicted molar refractivity (Wildman–Crippen MR) is 268 cm³/mol. The highest BCUT2D eigenvalue weighted by Crippen LogP contribution is 2.44. The third kappa shape index (κ3) is 6.48. The normalized spacial score (nSPS) is 11.4. The van der Waals surface area contributed by atoms with E-state index in [1.54, 1.807) is 0 Å². The smallest absolute Gasteiger partial charge is 0.235 e. The molecule has 300 valence electrons. The fraction of sp³-hybridized carbons (Fsp3) is 0. The van der Waals surface area contributed by atoms with Crippen LogP contribution >= 0.6 is 0 Å². The maximum absolute atomic E-state index is 5.32. The Morgan fingerprint density at radius 3 is 1.62 bits per heavy atom. The zero-order valence-electron chi connectivity index (χ0n) is 34.9. The fourth-order valence-corrected chi connectivity index (χ4v) is 9.37. The van der Waals surface area contributed by atoms with Crippen molar-refractivity contribution in [2.75, 3.05) is 4.90 Å². The second-order valence-corrected chi connectivity index (χ2v) is 16.2. The van der Waals surface area contributed by atoms with Crippen LogP contribution in [0.3, 0.4) is 0 Å². The molecule has 0 saturated carbocycles. The quantitative estimate of drug-likeness (QED) is 0.153. The minimum absolute atomic E-state index is 0.648. The first-order chi connectivity index (χ1) is 31.7. The van der Waals surface area contributed by atoms with Gasteiger partial charge in [0, 0.05) is 38.7 Å². The number of nitrogens with zero attached hydrogens (tertiary/aromatic N) is 4. The summed E-state index contributed by atoms with van der Waals surface area (Å²) in [5.41, 5.74) is 15.2. The lowest BCUT2D eigenvalue weighted by Gasteiger charge is -2.28. The lowest BCUT2D eigenvalue weighted by Crippen LogP contribution is -2.11. The molecular weight excluding hydrogens is 777 g/mol. The van der Waals surface area contributed by atoms with Gasteiger partial charge < -0.3 is 4.90 Å². The Kier molecular flexibility index (Phi) is 9.12. The molecule has 0 aliphatic rings. The number of benzene rings is 10. The summed E-state index contributed by atoms with van der Waals surface area (Å²) in [7, 11) is 0. The number of rotatable bonds is 8. The Bertz CT molecular complexity index is 3640. The number of fused-ring (bicyclic) bond motifs is 5. The summed E-state index contributed by atoms with van der Waals surface area (Å²) < 4.78 is 2.23. The van der Waals surface area contributed by atoms with E-state index in [1.807, 2.05) is 12.1 Å². The zero-order chi connectivity index (χ0) is 42.4. The highest BCUT2D eigenvalue weighted by atomic mass is 15.2. The molecule has 10 aromatic carbocycles. The van der Waals surface area contributed by atoms with Crippen molar-refractivity contribution in [1.82, 2.24) is 14.5 Å². The minimum Gasteiger partial charge on any atom is -0.310 e. The van der Waals surface area contributed by atoms with Crippen molar-refractivity contribution in [3.8, 4) is 50.6 Å². The van der Waals surface area contributed by atoms with Gasteiger partial charge >= 0.3 is 0 Å². The van der Waals surface area contributed by atoms with Crippen molar-refractivity contribution in [2.24, 2.45) is 0 Å². The van der Waals surface area contributed by atoms with E-state index >= 15 is 0 Å². The van der Waals surface area contributed by atoms with E-state index in [-0.39, 0.29) is 0 Å². The standard InChI is InChI=1S/C60H40N4/c1-3-16-41(17-4-1)42-30-35-47(36-31-42)63(56-28-13-10-23-51(56)50-26-15-21-44-18-7-8-22-49(44)50)48-37-32-43(33-38-48)46-34-39-53-52-24-11-14-29-57(52)64(58(53)40-46)60-61-55-27-12-9-25-54(55)59(62-60)45-19-5-2-6-20-45/h1-40H. The Labute approximate surface area is 371 Å². The first-order valence-electron chi connectivity index (χ1n) is 21.7. The molecule has 0 aliphatic carbocycles. The number of hydrogen-bond donors (Lipinski definition) is 0. The van der Waals surface area contributed by atoms with E-state index in [2.05, 4.69) is 240 Å². The van der Waals surface area contributed by atoms with E-state index in [0.717, 1.165) is 72.2 Å². The Morgan fingerprint density at radius 2 is 0.859 bits per heavy atom. The van der Waals surface area contributed by atoms with Crippen LogP contribution in [0.5, 0.6) is 0 Å². The van der Waals surface area contributed by atoms with Gasteiger partial charge in [-0.2, -0.15) is 0 Å². The van der Waals surface area contributed by atoms with E-state index in [9.17, 15) is 0 Å². The third-order valence-corrected chi connectivity index (χ3v) is 12.4. The topological polar surface area (TPSA) is 34.0 Å². The summed E-state index contributed by atoms with van der Waals surface area (Å²) in [6.45, 7) is 0. The molecule has 64 heavy (non-hydrogen) atoms. The van der Waals surface area contributed by atoms with Crippen LogP contribution in [0.4, 0.5) is 17.1 Å². The lowest BCUT2D eigenvalue weighted by molar-refractivity contribution is 1.01. The van der Waals surface area contributed by atoms with Crippen LogP contribution in [-0.4, -0.2) is 14.5 Å². The molecule has 0 amide bonds. The summed E-state index contributed by atoms with van der Waals surface area (Å²) in [5.74, 6) is 0.648. The predicted octanol–water partition coefficient (Wildman–Crippen LogP) is 16.0. The van der Waals surface area contributed by atoms with Crippen LogP contribution in [0.1, 0.15) is 0 Å². The lowest BCUT2D eigenvalue weighted by atomic mass is 9.96. The Hall–Kier alpha value is -8.60. The molecule has 0 bridgehead atoms. The summed E-state index contributed by atoms with van der Waals surface area (Å²) in [4.78, 5) is 12.9. The first-order valence-corrected chi connectivity index (χ1v) is 21.7. The van der Waals surface area contributed by atoms with Crippen LogP contribution in [-0.2, 0) is 0 Å². The summed E-state index contributed by atoms with van der Waals surface area (Å²) >= 11 is 0. The minimum atomic E-state index is 0.648. The second kappa shape index (κ2) is 15.7. The molecular formula is C60H40N4. The number of hydrogen-bond acceptors (Lipinski definition) is 3. The van der Waals surface area contributed by atoms with Gasteiger partial charge in [0.25, 0.3) is 0 Å². The van der Waals surface area contributed by atoms with Gasteiger partial charge in [0.05, 0.1) is 27.9 Å². The molecule has 0 radical (unpaired) electrons. The van der Waals surface area contributed by atoms with Crippen LogP contribution in [0.25, 0.3) is 94.1 Å². The number of aromatic nitrogens is 3. The van der Waals surface area contributed by atoms with Gasteiger partial charge in [-0.1, -0.05) is 194 Å². The first kappa shape index (κ1) is 37.2. The molecule has 2 aromatic heterocycles. The van der Waals surface area contributed by atoms with Gasteiger partial charge in [0.2, 0.25) is 5.95 Å². The van der Waals surface area contributed by atoms with Crippen molar-refractivity contribution in [1.29, 1.82) is 0 Å². The molecule has 0 spiro atoms. The van der Waals surface area contributed by atoms with Crippen LogP contribution in [0.2, 0.25) is 0 Å². The van der Waals surface area contributed by atoms with E-state index in [4.69, 9.17) is 9.97 Å². The molecule has 0 aliphatic heterocycles. The molecule has 0 atom stereocenters.